The molecule has 1 heterocycles. The molecule has 0 aliphatic carbocycles. The van der Waals surface area contributed by atoms with Gasteiger partial charge < -0.3 is 9.47 Å². The minimum atomic E-state index is -4.53. The maximum absolute atomic E-state index is 12.4. The van der Waals surface area contributed by atoms with Gasteiger partial charge in [0.1, 0.15) is 17.0 Å². The van der Waals surface area contributed by atoms with Crippen LogP contribution in [-0.2, 0) is 11.8 Å². The molecule has 24 heavy (non-hydrogen) atoms. The molecule has 0 atom stereocenters. The fourth-order valence-electron chi connectivity index (χ4n) is 1.98. The molecule has 0 saturated heterocycles. The molecule has 0 spiro atoms. The molecule has 2 aromatic rings. The zero-order valence-corrected chi connectivity index (χ0v) is 12.8. The lowest BCUT2D eigenvalue weighted by Gasteiger charge is -2.13. The third-order valence-electron chi connectivity index (χ3n) is 2.97. The third kappa shape index (κ3) is 3.92. The summed E-state index contributed by atoms with van der Waals surface area (Å²) in [6, 6.07) is 5.65. The SMILES string of the molecule is COC(=O)c1cn(C)nc(-c2ccccc2OCC(F)(F)F)c1=O. The fourth-order valence-corrected chi connectivity index (χ4v) is 1.98. The van der Waals surface area contributed by atoms with Crippen molar-refractivity contribution in [3.63, 3.8) is 0 Å². The van der Waals surface area contributed by atoms with Crippen LogP contribution < -0.4 is 10.2 Å². The highest BCUT2D eigenvalue weighted by Gasteiger charge is 2.29. The van der Waals surface area contributed by atoms with Crippen LogP contribution >= 0.6 is 0 Å². The van der Waals surface area contributed by atoms with Crippen LogP contribution in [0.1, 0.15) is 10.4 Å². The van der Waals surface area contributed by atoms with Crippen molar-refractivity contribution in [2.24, 2.45) is 7.05 Å². The molecule has 0 unspecified atom stereocenters. The van der Waals surface area contributed by atoms with Gasteiger partial charge in [-0.1, -0.05) is 12.1 Å². The van der Waals surface area contributed by atoms with Crippen LogP contribution in [0, 0.1) is 0 Å². The number of hydrogen-bond acceptors (Lipinski definition) is 5. The van der Waals surface area contributed by atoms with E-state index in [1.54, 1.807) is 0 Å². The zero-order valence-electron chi connectivity index (χ0n) is 12.8. The molecule has 0 aliphatic heterocycles. The van der Waals surface area contributed by atoms with E-state index in [-0.39, 0.29) is 22.6 Å². The van der Waals surface area contributed by atoms with Crippen LogP contribution in [0.3, 0.4) is 0 Å². The Morgan fingerprint density at radius 1 is 1.29 bits per heavy atom. The summed E-state index contributed by atoms with van der Waals surface area (Å²) in [4.78, 5) is 24.1. The Morgan fingerprint density at radius 3 is 2.58 bits per heavy atom. The van der Waals surface area contributed by atoms with Crippen molar-refractivity contribution in [2.45, 2.75) is 6.18 Å². The van der Waals surface area contributed by atoms with E-state index in [0.29, 0.717) is 0 Å². The molecule has 0 fully saturated rings. The lowest BCUT2D eigenvalue weighted by Crippen LogP contribution is -2.23. The molecule has 6 nitrogen and oxygen atoms in total. The number of halogens is 3. The summed E-state index contributed by atoms with van der Waals surface area (Å²) < 4.78 is 47.6. The predicted octanol–water partition coefficient (Wildman–Crippen LogP) is 2.17. The summed E-state index contributed by atoms with van der Waals surface area (Å²) in [7, 11) is 2.58. The number of esters is 1. The average Bonchev–Trinajstić information content (AvgIpc) is 2.53. The number of hydrogen-bond donors (Lipinski definition) is 0. The third-order valence-corrected chi connectivity index (χ3v) is 2.97. The molecule has 0 aliphatic rings. The Morgan fingerprint density at radius 2 is 1.96 bits per heavy atom. The zero-order chi connectivity index (χ0) is 17.9. The van der Waals surface area contributed by atoms with Crippen molar-refractivity contribution in [2.75, 3.05) is 13.7 Å². The smallest absolute Gasteiger partial charge is 0.422 e. The second-order valence-corrected chi connectivity index (χ2v) is 4.79. The van der Waals surface area contributed by atoms with Gasteiger partial charge in [0, 0.05) is 18.8 Å². The predicted molar refractivity (Wildman–Crippen MR) is 77.8 cm³/mol. The molecule has 0 saturated carbocycles. The van der Waals surface area contributed by atoms with Gasteiger partial charge in [-0.2, -0.15) is 18.3 Å². The maximum Gasteiger partial charge on any atom is 0.422 e. The molecule has 1 aromatic heterocycles. The Balaban J connectivity index is 2.55. The van der Waals surface area contributed by atoms with Crippen LogP contribution in [0.5, 0.6) is 5.75 Å². The maximum atomic E-state index is 12.4. The molecule has 0 N–H and O–H groups in total. The van der Waals surface area contributed by atoms with Crippen LogP contribution in [0.4, 0.5) is 13.2 Å². The van der Waals surface area contributed by atoms with Gasteiger partial charge in [0.15, 0.2) is 6.61 Å². The van der Waals surface area contributed by atoms with Crippen molar-refractivity contribution >= 4 is 5.97 Å². The monoisotopic (exact) mass is 342 g/mol. The van der Waals surface area contributed by atoms with Gasteiger partial charge >= 0.3 is 12.1 Å². The first-order valence-corrected chi connectivity index (χ1v) is 6.68. The Labute approximate surface area is 134 Å². The lowest BCUT2D eigenvalue weighted by molar-refractivity contribution is -0.153. The van der Waals surface area contributed by atoms with Crippen molar-refractivity contribution in [1.82, 2.24) is 9.78 Å². The first kappa shape index (κ1) is 17.5. The number of para-hydroxylation sites is 1. The van der Waals surface area contributed by atoms with Crippen LogP contribution in [0.2, 0.25) is 0 Å². The second-order valence-electron chi connectivity index (χ2n) is 4.79. The number of alkyl halides is 3. The molecule has 2 rings (SSSR count). The van der Waals surface area contributed by atoms with E-state index < -0.39 is 24.2 Å². The van der Waals surface area contributed by atoms with E-state index in [9.17, 15) is 22.8 Å². The number of carbonyl (C=O) groups excluding carboxylic acids is 1. The molecule has 9 heteroatoms. The molecule has 0 bridgehead atoms. The topological polar surface area (TPSA) is 70.4 Å². The van der Waals surface area contributed by atoms with Gasteiger partial charge in [-0.25, -0.2) is 4.79 Å². The highest BCUT2D eigenvalue weighted by molar-refractivity contribution is 5.90. The molecular formula is C15H13F3N2O4. The Bertz CT molecular complexity index is 815. The summed E-state index contributed by atoms with van der Waals surface area (Å²) >= 11 is 0. The van der Waals surface area contributed by atoms with E-state index in [0.717, 1.165) is 7.11 Å². The summed E-state index contributed by atoms with van der Waals surface area (Å²) in [6.07, 6.45) is -3.35. The van der Waals surface area contributed by atoms with Crippen LogP contribution in [0.25, 0.3) is 11.3 Å². The molecule has 128 valence electrons. The van der Waals surface area contributed by atoms with Crippen LogP contribution in [0.15, 0.2) is 35.3 Å². The van der Waals surface area contributed by atoms with Crippen LogP contribution in [-0.4, -0.2) is 35.6 Å². The summed E-state index contributed by atoms with van der Waals surface area (Å²) in [6.45, 7) is -1.51. The number of benzene rings is 1. The fraction of sp³-hybridized carbons (Fsp3) is 0.267. The van der Waals surface area contributed by atoms with Crippen molar-refractivity contribution in [1.29, 1.82) is 0 Å². The number of aryl methyl sites for hydroxylation is 1. The van der Waals surface area contributed by atoms with Gasteiger partial charge in [0.05, 0.1) is 7.11 Å². The second kappa shape index (κ2) is 6.73. The lowest BCUT2D eigenvalue weighted by atomic mass is 10.1. The van der Waals surface area contributed by atoms with Crippen molar-refractivity contribution < 1.29 is 27.4 Å². The minimum Gasteiger partial charge on any atom is -0.483 e. The standard InChI is InChI=1S/C15H13F3N2O4/c1-20-7-10(14(22)23-2)13(21)12(19-20)9-5-3-4-6-11(9)24-8-15(16,17)18/h3-7H,8H2,1-2H3. The van der Waals surface area contributed by atoms with Gasteiger partial charge in [-0.05, 0) is 12.1 Å². The van der Waals surface area contributed by atoms with E-state index in [2.05, 4.69) is 9.84 Å². The summed E-state index contributed by atoms with van der Waals surface area (Å²) in [5.74, 6) is -1.03. The number of nitrogens with zero attached hydrogens (tertiary/aromatic N) is 2. The number of methoxy groups -OCH3 is 1. The largest absolute Gasteiger partial charge is 0.483 e. The van der Waals surface area contributed by atoms with Gasteiger partial charge in [0.25, 0.3) is 0 Å². The van der Waals surface area contributed by atoms with Crippen molar-refractivity contribution in [3.05, 3.63) is 46.2 Å². The molecular weight excluding hydrogens is 329 g/mol. The quantitative estimate of drug-likeness (QED) is 0.797. The molecule has 1 aromatic carbocycles. The first-order chi connectivity index (χ1) is 11.2. The van der Waals surface area contributed by atoms with E-state index >= 15 is 0 Å². The van der Waals surface area contributed by atoms with Crippen molar-refractivity contribution in [3.8, 4) is 17.0 Å². The van der Waals surface area contributed by atoms with E-state index in [1.165, 1.54) is 42.2 Å². The number of rotatable bonds is 4. The van der Waals surface area contributed by atoms with E-state index in [1.807, 2.05) is 0 Å². The summed E-state index contributed by atoms with van der Waals surface area (Å²) in [5.41, 5.74) is -1.20. The van der Waals surface area contributed by atoms with Gasteiger partial charge in [-0.15, -0.1) is 0 Å². The average molecular weight is 342 g/mol. The molecule has 0 radical (unpaired) electrons. The number of carbonyl (C=O) groups is 1. The molecule has 0 amide bonds. The normalized spacial score (nSPS) is 11.2. The number of ether oxygens (including phenoxy) is 2. The Hall–Kier alpha value is -2.84. The number of aromatic nitrogens is 2. The van der Waals surface area contributed by atoms with E-state index in [4.69, 9.17) is 4.74 Å². The Kier molecular flexibility index (Phi) is 4.91. The highest BCUT2D eigenvalue weighted by atomic mass is 19.4. The first-order valence-electron chi connectivity index (χ1n) is 6.68. The minimum absolute atomic E-state index is 0.0492. The highest BCUT2D eigenvalue weighted by Crippen LogP contribution is 2.28. The van der Waals surface area contributed by atoms with Gasteiger partial charge in [0.2, 0.25) is 5.43 Å². The van der Waals surface area contributed by atoms with Gasteiger partial charge in [-0.3, -0.25) is 9.48 Å². The summed E-state index contributed by atoms with van der Waals surface area (Å²) in [5, 5.41) is 3.96.